The summed E-state index contributed by atoms with van der Waals surface area (Å²) in [5.74, 6) is -0.642. The highest BCUT2D eigenvalue weighted by Gasteiger charge is 2.28. The molecule has 2 aromatic rings. The van der Waals surface area contributed by atoms with Crippen LogP contribution in [0.15, 0.2) is 18.2 Å². The van der Waals surface area contributed by atoms with Gasteiger partial charge in [0.1, 0.15) is 0 Å². The van der Waals surface area contributed by atoms with Crippen LogP contribution in [-0.4, -0.2) is 23.5 Å². The molecule has 0 saturated heterocycles. The van der Waals surface area contributed by atoms with E-state index in [1.54, 1.807) is 19.1 Å². The number of aryl methyl sites for hydroxylation is 1. The van der Waals surface area contributed by atoms with Crippen LogP contribution in [0.1, 0.15) is 34.3 Å². The summed E-state index contributed by atoms with van der Waals surface area (Å²) in [5.41, 5.74) is 1.27. The first-order valence-electron chi connectivity index (χ1n) is 7.89. The van der Waals surface area contributed by atoms with E-state index >= 15 is 0 Å². The highest BCUT2D eigenvalue weighted by molar-refractivity contribution is 7.15. The Balaban J connectivity index is 1.71. The lowest BCUT2D eigenvalue weighted by molar-refractivity contribution is -0.148. The number of fused-ring (bicyclic) bond motifs is 1. The molecule has 3 rings (SSSR count). The maximum atomic E-state index is 12.4. The van der Waals surface area contributed by atoms with E-state index < -0.39 is 0 Å². The molecule has 0 spiro atoms. The number of halogens is 2. The van der Waals surface area contributed by atoms with Gasteiger partial charge in [0.25, 0.3) is 5.91 Å². The van der Waals surface area contributed by atoms with Gasteiger partial charge in [0, 0.05) is 9.90 Å². The normalized spacial score (nSPS) is 16.2. The van der Waals surface area contributed by atoms with Crippen molar-refractivity contribution in [2.75, 3.05) is 11.9 Å². The van der Waals surface area contributed by atoms with Crippen LogP contribution in [0.2, 0.25) is 10.0 Å². The molecule has 0 bridgehead atoms. The van der Waals surface area contributed by atoms with Gasteiger partial charge in [0.2, 0.25) is 0 Å². The number of carbonyl (C=O) groups is 2. The molecule has 1 aromatic carbocycles. The van der Waals surface area contributed by atoms with E-state index in [2.05, 4.69) is 10.3 Å². The lowest BCUT2D eigenvalue weighted by Gasteiger charge is -2.18. The third-order valence-electron chi connectivity index (χ3n) is 3.96. The van der Waals surface area contributed by atoms with Gasteiger partial charge in [-0.3, -0.25) is 14.9 Å². The first-order valence-corrected chi connectivity index (χ1v) is 9.46. The minimum atomic E-state index is -0.338. The summed E-state index contributed by atoms with van der Waals surface area (Å²) in [6, 6.07) is 4.71. The van der Waals surface area contributed by atoms with Crippen molar-refractivity contribution in [3.05, 3.63) is 44.4 Å². The second-order valence-electron chi connectivity index (χ2n) is 5.66. The molecule has 1 aliphatic carbocycles. The number of aromatic nitrogens is 1. The Hall–Kier alpha value is -1.63. The van der Waals surface area contributed by atoms with Crippen LogP contribution in [0.3, 0.4) is 0 Å². The zero-order chi connectivity index (χ0) is 18.0. The Morgan fingerprint density at radius 1 is 1.40 bits per heavy atom. The van der Waals surface area contributed by atoms with Crippen LogP contribution in [0.4, 0.5) is 5.13 Å². The molecule has 0 saturated carbocycles. The van der Waals surface area contributed by atoms with Crippen molar-refractivity contribution >= 4 is 51.5 Å². The predicted octanol–water partition coefficient (Wildman–Crippen LogP) is 4.37. The largest absolute Gasteiger partial charge is 0.466 e. The zero-order valence-corrected chi connectivity index (χ0v) is 15.8. The topological polar surface area (TPSA) is 68.3 Å². The number of nitrogens with one attached hydrogen (secondary N) is 1. The molecule has 8 heteroatoms. The van der Waals surface area contributed by atoms with Crippen LogP contribution in [0, 0.1) is 5.92 Å². The third-order valence-corrected chi connectivity index (χ3v) is 5.54. The third kappa shape index (κ3) is 4.14. The van der Waals surface area contributed by atoms with Crippen LogP contribution in [-0.2, 0) is 22.4 Å². The molecule has 1 N–H and O–H groups in total. The number of hydrogen-bond acceptors (Lipinski definition) is 5. The Bertz CT molecular complexity index is 822. The van der Waals surface area contributed by atoms with Gasteiger partial charge < -0.3 is 4.74 Å². The first kappa shape index (κ1) is 18.2. The van der Waals surface area contributed by atoms with E-state index in [0.717, 1.165) is 10.6 Å². The lowest BCUT2D eigenvalue weighted by Crippen LogP contribution is -2.24. The summed E-state index contributed by atoms with van der Waals surface area (Å²) in [6.45, 7) is 2.18. The molecule has 1 heterocycles. The van der Waals surface area contributed by atoms with Crippen molar-refractivity contribution in [2.24, 2.45) is 5.92 Å². The van der Waals surface area contributed by atoms with Crippen LogP contribution >= 0.6 is 34.5 Å². The number of rotatable bonds is 4. The second-order valence-corrected chi connectivity index (χ2v) is 7.59. The van der Waals surface area contributed by atoms with Crippen LogP contribution in [0.25, 0.3) is 0 Å². The minimum Gasteiger partial charge on any atom is -0.466 e. The number of nitrogens with zero attached hydrogens (tertiary/aromatic N) is 1. The standard InChI is InChI=1S/C17H16Cl2N2O3S/c1-2-24-16(23)9-3-6-13-14(7-9)25-17(20-13)21-15(22)11-5-4-10(18)8-12(11)19/h4-5,8-9H,2-3,6-7H2,1H3,(H,20,21,22). The minimum absolute atomic E-state index is 0.137. The fraction of sp³-hybridized carbons (Fsp3) is 0.353. The molecular formula is C17H16Cl2N2O3S. The number of hydrogen-bond donors (Lipinski definition) is 1. The SMILES string of the molecule is CCOC(=O)C1CCc2nc(NC(=O)c3ccc(Cl)cc3Cl)sc2C1. The number of amides is 1. The Morgan fingerprint density at radius 3 is 2.92 bits per heavy atom. The smallest absolute Gasteiger partial charge is 0.309 e. The summed E-state index contributed by atoms with van der Waals surface area (Å²) in [7, 11) is 0. The maximum Gasteiger partial charge on any atom is 0.309 e. The zero-order valence-electron chi connectivity index (χ0n) is 13.5. The number of esters is 1. The monoisotopic (exact) mass is 398 g/mol. The molecule has 1 aromatic heterocycles. The number of thiazole rings is 1. The highest BCUT2D eigenvalue weighted by atomic mass is 35.5. The van der Waals surface area contributed by atoms with Crippen molar-refractivity contribution in [2.45, 2.75) is 26.2 Å². The summed E-state index contributed by atoms with van der Waals surface area (Å²) < 4.78 is 5.10. The molecule has 25 heavy (non-hydrogen) atoms. The molecule has 0 radical (unpaired) electrons. The molecule has 5 nitrogen and oxygen atoms in total. The van der Waals surface area contributed by atoms with E-state index in [-0.39, 0.29) is 22.8 Å². The van der Waals surface area contributed by atoms with Gasteiger partial charge in [-0.05, 0) is 44.4 Å². The van der Waals surface area contributed by atoms with Gasteiger partial charge in [-0.25, -0.2) is 4.98 Å². The van der Waals surface area contributed by atoms with E-state index in [9.17, 15) is 9.59 Å². The number of carbonyl (C=O) groups excluding carboxylic acids is 2. The number of anilines is 1. The van der Waals surface area contributed by atoms with Crippen molar-refractivity contribution in [1.82, 2.24) is 4.98 Å². The Kier molecular flexibility index (Phi) is 5.61. The van der Waals surface area contributed by atoms with Gasteiger partial charge >= 0.3 is 5.97 Å². The second kappa shape index (κ2) is 7.72. The molecule has 0 aliphatic heterocycles. The van der Waals surface area contributed by atoms with Crippen molar-refractivity contribution < 1.29 is 14.3 Å². The molecule has 1 aliphatic rings. The maximum absolute atomic E-state index is 12.4. The predicted molar refractivity (Wildman–Crippen MR) is 98.7 cm³/mol. The first-order chi connectivity index (χ1) is 12.0. The van der Waals surface area contributed by atoms with E-state index in [1.165, 1.54) is 17.4 Å². The average Bonchev–Trinajstić information content (AvgIpc) is 2.96. The fourth-order valence-electron chi connectivity index (χ4n) is 2.73. The Labute approximate surface area is 159 Å². The van der Waals surface area contributed by atoms with Crippen LogP contribution < -0.4 is 5.32 Å². The average molecular weight is 399 g/mol. The number of benzene rings is 1. The van der Waals surface area contributed by atoms with E-state index in [4.69, 9.17) is 27.9 Å². The molecule has 1 unspecified atom stereocenters. The van der Waals surface area contributed by atoms with Gasteiger partial charge in [-0.1, -0.05) is 23.2 Å². The van der Waals surface area contributed by atoms with Crippen molar-refractivity contribution in [1.29, 1.82) is 0 Å². The lowest BCUT2D eigenvalue weighted by atomic mass is 9.91. The van der Waals surface area contributed by atoms with Gasteiger partial charge in [0.15, 0.2) is 5.13 Å². The van der Waals surface area contributed by atoms with Crippen molar-refractivity contribution in [3.8, 4) is 0 Å². The van der Waals surface area contributed by atoms with Gasteiger partial charge in [-0.2, -0.15) is 0 Å². The summed E-state index contributed by atoms with van der Waals surface area (Å²) in [6.07, 6.45) is 2.02. The fourth-order valence-corrected chi connectivity index (χ4v) is 4.31. The van der Waals surface area contributed by atoms with Gasteiger partial charge in [-0.15, -0.1) is 11.3 Å². The van der Waals surface area contributed by atoms with E-state index in [1.807, 2.05) is 0 Å². The summed E-state index contributed by atoms with van der Waals surface area (Å²) in [5, 5.41) is 4.03. The number of ether oxygens (including phenoxy) is 1. The Morgan fingerprint density at radius 2 is 2.20 bits per heavy atom. The molecule has 1 atom stereocenters. The molecular weight excluding hydrogens is 383 g/mol. The van der Waals surface area contributed by atoms with Crippen molar-refractivity contribution in [3.63, 3.8) is 0 Å². The van der Waals surface area contributed by atoms with E-state index in [0.29, 0.717) is 41.6 Å². The summed E-state index contributed by atoms with van der Waals surface area (Å²) >= 11 is 13.3. The quantitative estimate of drug-likeness (QED) is 0.776. The summed E-state index contributed by atoms with van der Waals surface area (Å²) in [4.78, 5) is 29.8. The molecule has 132 valence electrons. The van der Waals surface area contributed by atoms with Crippen LogP contribution in [0.5, 0.6) is 0 Å². The molecule has 1 amide bonds. The van der Waals surface area contributed by atoms with Gasteiger partial charge in [0.05, 0.1) is 28.8 Å². The molecule has 0 fully saturated rings. The highest BCUT2D eigenvalue weighted by Crippen LogP contribution is 2.33.